The number of hydrogen-bond donors (Lipinski definition) is 1. The summed E-state index contributed by atoms with van der Waals surface area (Å²) in [6.07, 6.45) is 0.806. The van der Waals surface area contributed by atoms with Crippen molar-refractivity contribution in [3.63, 3.8) is 0 Å². The first-order valence-corrected chi connectivity index (χ1v) is 10.6. The van der Waals surface area contributed by atoms with Gasteiger partial charge in [0.1, 0.15) is 5.76 Å². The summed E-state index contributed by atoms with van der Waals surface area (Å²) in [7, 11) is 0. The number of carbonyl (C=O) groups is 2. The van der Waals surface area contributed by atoms with Gasteiger partial charge in [-0.15, -0.1) is 11.8 Å². The quantitative estimate of drug-likeness (QED) is 0.491. The Balaban J connectivity index is 1.92. The number of ether oxygens (including phenoxy) is 1. The van der Waals surface area contributed by atoms with Gasteiger partial charge in [0.05, 0.1) is 11.3 Å². The number of benzene rings is 1. The SMILES string of the molecule is Cc1cc(CSc2ccccc2C(=O)OCC(=O)NC(C)(C)CC(C)(C)C)no1. The van der Waals surface area contributed by atoms with Gasteiger partial charge in [-0.2, -0.15) is 0 Å². The van der Waals surface area contributed by atoms with Crippen molar-refractivity contribution in [2.45, 2.75) is 64.2 Å². The molecule has 1 N–H and O–H groups in total. The van der Waals surface area contributed by atoms with E-state index in [9.17, 15) is 9.59 Å². The molecule has 0 aliphatic rings. The highest BCUT2D eigenvalue weighted by Crippen LogP contribution is 2.28. The summed E-state index contributed by atoms with van der Waals surface area (Å²) in [5.74, 6) is 0.487. The molecule has 158 valence electrons. The molecule has 6 nitrogen and oxygen atoms in total. The summed E-state index contributed by atoms with van der Waals surface area (Å²) in [5, 5.41) is 6.90. The molecule has 2 aromatic rings. The summed E-state index contributed by atoms with van der Waals surface area (Å²) in [4.78, 5) is 25.6. The third kappa shape index (κ3) is 7.93. The molecule has 0 spiro atoms. The van der Waals surface area contributed by atoms with Crippen LogP contribution in [0.15, 0.2) is 39.8 Å². The van der Waals surface area contributed by atoms with Crippen LogP contribution < -0.4 is 5.32 Å². The third-order valence-corrected chi connectivity index (χ3v) is 5.05. The first kappa shape index (κ1) is 23.0. The van der Waals surface area contributed by atoms with Crippen LogP contribution in [-0.2, 0) is 15.3 Å². The van der Waals surface area contributed by atoms with Gasteiger partial charge in [0.2, 0.25) is 0 Å². The second-order valence-corrected chi connectivity index (χ2v) is 9.98. The fourth-order valence-corrected chi connectivity index (χ4v) is 4.31. The maximum Gasteiger partial charge on any atom is 0.339 e. The van der Waals surface area contributed by atoms with Crippen LogP contribution in [0.5, 0.6) is 0 Å². The zero-order valence-corrected chi connectivity index (χ0v) is 18.8. The molecule has 0 fully saturated rings. The Morgan fingerprint density at radius 3 is 2.48 bits per heavy atom. The molecule has 2 rings (SSSR count). The van der Waals surface area contributed by atoms with E-state index in [4.69, 9.17) is 9.26 Å². The molecule has 29 heavy (non-hydrogen) atoms. The lowest BCUT2D eigenvalue weighted by Crippen LogP contribution is -2.47. The minimum atomic E-state index is -0.520. The van der Waals surface area contributed by atoms with E-state index >= 15 is 0 Å². The maximum absolute atomic E-state index is 12.5. The van der Waals surface area contributed by atoms with Gasteiger partial charge in [-0.3, -0.25) is 4.79 Å². The molecule has 1 amide bonds. The standard InChI is InChI=1S/C22H30N2O4S/c1-15-11-16(24-28-15)13-29-18-10-8-7-9-17(18)20(26)27-12-19(25)23-22(5,6)14-21(2,3)4/h7-11H,12-14H2,1-6H3,(H,23,25). The van der Waals surface area contributed by atoms with E-state index in [2.05, 4.69) is 31.2 Å². The van der Waals surface area contributed by atoms with Crippen molar-refractivity contribution in [2.75, 3.05) is 6.61 Å². The Hall–Kier alpha value is -2.28. The van der Waals surface area contributed by atoms with E-state index in [1.807, 2.05) is 39.0 Å². The maximum atomic E-state index is 12.5. The molecule has 0 saturated carbocycles. The zero-order valence-electron chi connectivity index (χ0n) is 18.0. The van der Waals surface area contributed by atoms with Gasteiger partial charge in [-0.1, -0.05) is 38.1 Å². The van der Waals surface area contributed by atoms with E-state index in [0.29, 0.717) is 11.3 Å². The number of hydrogen-bond acceptors (Lipinski definition) is 6. The topological polar surface area (TPSA) is 81.4 Å². The highest BCUT2D eigenvalue weighted by atomic mass is 32.2. The molecule has 0 unspecified atom stereocenters. The van der Waals surface area contributed by atoms with Gasteiger partial charge in [0.15, 0.2) is 6.61 Å². The van der Waals surface area contributed by atoms with Crippen LogP contribution in [0.3, 0.4) is 0 Å². The summed E-state index contributed by atoms with van der Waals surface area (Å²) in [6, 6.07) is 9.03. The predicted octanol–water partition coefficient (Wildman–Crippen LogP) is 4.76. The van der Waals surface area contributed by atoms with Crippen molar-refractivity contribution in [3.8, 4) is 0 Å². The van der Waals surface area contributed by atoms with Crippen LogP contribution in [-0.4, -0.2) is 29.2 Å². The molecular weight excluding hydrogens is 388 g/mol. The van der Waals surface area contributed by atoms with Crippen LogP contribution in [0.1, 0.15) is 62.9 Å². The lowest BCUT2D eigenvalue weighted by Gasteiger charge is -2.33. The molecular formula is C22H30N2O4S. The Labute approximate surface area is 176 Å². The van der Waals surface area contributed by atoms with Crippen molar-refractivity contribution in [2.24, 2.45) is 5.41 Å². The van der Waals surface area contributed by atoms with Crippen molar-refractivity contribution in [1.29, 1.82) is 0 Å². The number of rotatable bonds is 8. The van der Waals surface area contributed by atoms with E-state index in [1.165, 1.54) is 11.8 Å². The lowest BCUT2D eigenvalue weighted by molar-refractivity contribution is -0.126. The first-order valence-electron chi connectivity index (χ1n) is 9.57. The molecule has 1 aromatic carbocycles. The number of thioether (sulfide) groups is 1. The normalized spacial score (nSPS) is 11.9. The van der Waals surface area contributed by atoms with Crippen molar-refractivity contribution in [3.05, 3.63) is 47.3 Å². The predicted molar refractivity (Wildman–Crippen MR) is 114 cm³/mol. The van der Waals surface area contributed by atoms with E-state index < -0.39 is 5.97 Å². The second kappa shape index (κ2) is 9.48. The Morgan fingerprint density at radius 2 is 1.86 bits per heavy atom. The number of aromatic nitrogens is 1. The molecule has 0 radical (unpaired) electrons. The summed E-state index contributed by atoms with van der Waals surface area (Å²) >= 11 is 1.47. The van der Waals surface area contributed by atoms with Crippen LogP contribution in [0.2, 0.25) is 0 Å². The number of nitrogens with one attached hydrogen (secondary N) is 1. The van der Waals surface area contributed by atoms with Gasteiger partial charge < -0.3 is 14.6 Å². The number of amides is 1. The van der Waals surface area contributed by atoms with Crippen LogP contribution in [0.25, 0.3) is 0 Å². The van der Waals surface area contributed by atoms with Crippen molar-refractivity contribution >= 4 is 23.6 Å². The molecule has 1 aromatic heterocycles. The lowest BCUT2D eigenvalue weighted by atomic mass is 9.82. The Bertz CT molecular complexity index is 852. The molecule has 1 heterocycles. The molecule has 0 bridgehead atoms. The van der Waals surface area contributed by atoms with Gasteiger partial charge in [-0.05, 0) is 44.7 Å². The molecule has 0 aliphatic carbocycles. The summed E-state index contributed by atoms with van der Waals surface area (Å²) in [6.45, 7) is 11.8. The minimum Gasteiger partial charge on any atom is -0.452 e. The number of aryl methyl sites for hydroxylation is 1. The Kier molecular flexibility index (Phi) is 7.52. The average molecular weight is 419 g/mol. The van der Waals surface area contributed by atoms with E-state index in [-0.39, 0.29) is 23.5 Å². The monoisotopic (exact) mass is 418 g/mol. The van der Waals surface area contributed by atoms with Crippen molar-refractivity contribution < 1.29 is 18.8 Å². The van der Waals surface area contributed by atoms with E-state index in [0.717, 1.165) is 22.8 Å². The Morgan fingerprint density at radius 1 is 1.17 bits per heavy atom. The molecule has 0 aliphatic heterocycles. The number of carbonyl (C=O) groups excluding carboxylic acids is 2. The fraction of sp³-hybridized carbons (Fsp3) is 0.500. The summed E-state index contributed by atoms with van der Waals surface area (Å²) < 4.78 is 10.3. The van der Waals surface area contributed by atoms with Crippen LogP contribution in [0, 0.1) is 12.3 Å². The molecule has 0 atom stereocenters. The highest BCUT2D eigenvalue weighted by Gasteiger charge is 2.27. The average Bonchev–Trinajstić information content (AvgIpc) is 3.01. The second-order valence-electron chi connectivity index (χ2n) is 8.96. The van der Waals surface area contributed by atoms with Gasteiger partial charge in [0.25, 0.3) is 5.91 Å². The van der Waals surface area contributed by atoms with Gasteiger partial charge in [-0.25, -0.2) is 4.79 Å². The third-order valence-electron chi connectivity index (χ3n) is 3.94. The molecule has 7 heteroatoms. The van der Waals surface area contributed by atoms with E-state index in [1.54, 1.807) is 12.1 Å². The smallest absolute Gasteiger partial charge is 0.339 e. The summed E-state index contributed by atoms with van der Waals surface area (Å²) in [5.41, 5.74) is 0.924. The van der Waals surface area contributed by atoms with Crippen molar-refractivity contribution in [1.82, 2.24) is 10.5 Å². The first-order chi connectivity index (χ1) is 13.5. The number of nitrogens with zero attached hydrogens (tertiary/aromatic N) is 1. The largest absolute Gasteiger partial charge is 0.452 e. The van der Waals surface area contributed by atoms with Crippen LogP contribution >= 0.6 is 11.8 Å². The highest BCUT2D eigenvalue weighted by molar-refractivity contribution is 7.98. The molecule has 0 saturated heterocycles. The minimum absolute atomic E-state index is 0.0754. The van der Waals surface area contributed by atoms with Crippen LogP contribution in [0.4, 0.5) is 0 Å². The van der Waals surface area contributed by atoms with Gasteiger partial charge >= 0.3 is 5.97 Å². The van der Waals surface area contributed by atoms with Gasteiger partial charge in [0, 0.05) is 22.3 Å². The fourth-order valence-electron chi connectivity index (χ4n) is 3.39. The number of esters is 1. The zero-order chi connectivity index (χ0) is 21.7.